The van der Waals surface area contributed by atoms with Crippen molar-refractivity contribution in [1.29, 1.82) is 0 Å². The molecule has 0 amide bonds. The van der Waals surface area contributed by atoms with Crippen LogP contribution in [0.1, 0.15) is 30.5 Å². The van der Waals surface area contributed by atoms with Crippen LogP contribution in [0.4, 0.5) is 0 Å². The molecule has 1 aromatic heterocycles. The lowest BCUT2D eigenvalue weighted by Crippen LogP contribution is -2.38. The molecule has 0 bridgehead atoms. The minimum atomic E-state index is 0.487. The normalized spacial score (nSPS) is 11.7. The zero-order chi connectivity index (χ0) is 16.5. The number of hydrogen-bond acceptors (Lipinski definition) is 4. The zero-order valence-electron chi connectivity index (χ0n) is 13.9. The van der Waals surface area contributed by atoms with Gasteiger partial charge in [-0.1, -0.05) is 32.0 Å². The van der Waals surface area contributed by atoms with E-state index in [1.165, 1.54) is 9.90 Å². The molecule has 2 aromatic rings. The van der Waals surface area contributed by atoms with E-state index in [-0.39, 0.29) is 0 Å². The van der Waals surface area contributed by atoms with E-state index < -0.39 is 0 Å². The van der Waals surface area contributed by atoms with Crippen molar-refractivity contribution in [2.45, 2.75) is 31.2 Å². The molecule has 0 spiro atoms. The van der Waals surface area contributed by atoms with Crippen LogP contribution in [0.15, 0.2) is 45.6 Å². The monoisotopic (exact) mass is 348 g/mol. The van der Waals surface area contributed by atoms with E-state index in [1.807, 2.05) is 17.8 Å². The van der Waals surface area contributed by atoms with Gasteiger partial charge in [-0.25, -0.2) is 4.98 Å². The molecular weight excluding hydrogens is 324 g/mol. The second-order valence-corrected chi connectivity index (χ2v) is 7.40. The minimum absolute atomic E-state index is 0.487. The Morgan fingerprint density at radius 3 is 2.70 bits per heavy atom. The summed E-state index contributed by atoms with van der Waals surface area (Å²) in [4.78, 5) is 10.2. The topological polar surface area (TPSA) is 49.3 Å². The number of nitrogens with zero attached hydrogens (tertiary/aromatic N) is 2. The molecule has 0 atom stereocenters. The molecule has 4 nitrogen and oxygen atoms in total. The van der Waals surface area contributed by atoms with Gasteiger partial charge in [-0.15, -0.1) is 23.1 Å². The van der Waals surface area contributed by atoms with Crippen LogP contribution >= 0.6 is 23.1 Å². The number of nitrogens with one attached hydrogen (secondary N) is 2. The summed E-state index contributed by atoms with van der Waals surface area (Å²) < 4.78 is 0. The van der Waals surface area contributed by atoms with Crippen LogP contribution in [0.3, 0.4) is 0 Å². The van der Waals surface area contributed by atoms with Crippen LogP contribution in [0.2, 0.25) is 0 Å². The molecule has 0 unspecified atom stereocenters. The van der Waals surface area contributed by atoms with Gasteiger partial charge in [0.1, 0.15) is 0 Å². The SMILES string of the molecule is CN=C(NCCSc1ccccc1)NCc1csc(C(C)C)n1. The van der Waals surface area contributed by atoms with E-state index in [0.717, 1.165) is 24.0 Å². The molecule has 0 aliphatic carbocycles. The number of hydrogen-bond donors (Lipinski definition) is 2. The molecule has 6 heteroatoms. The van der Waals surface area contributed by atoms with Gasteiger partial charge in [0, 0.05) is 35.5 Å². The summed E-state index contributed by atoms with van der Waals surface area (Å²) >= 11 is 3.56. The van der Waals surface area contributed by atoms with Gasteiger partial charge in [0.2, 0.25) is 0 Å². The number of aliphatic imine (C=N–C) groups is 1. The van der Waals surface area contributed by atoms with Crippen molar-refractivity contribution in [3.05, 3.63) is 46.4 Å². The van der Waals surface area contributed by atoms with Crippen molar-refractivity contribution in [3.8, 4) is 0 Å². The first-order valence-corrected chi connectivity index (χ1v) is 9.62. The Morgan fingerprint density at radius 2 is 2.04 bits per heavy atom. The molecule has 0 saturated carbocycles. The summed E-state index contributed by atoms with van der Waals surface area (Å²) in [5, 5.41) is 9.94. The Kier molecular flexibility index (Phi) is 7.42. The summed E-state index contributed by atoms with van der Waals surface area (Å²) in [6, 6.07) is 10.4. The fourth-order valence-corrected chi connectivity index (χ4v) is 3.54. The molecule has 23 heavy (non-hydrogen) atoms. The van der Waals surface area contributed by atoms with Crippen LogP contribution in [-0.4, -0.2) is 30.3 Å². The summed E-state index contributed by atoms with van der Waals surface area (Å²) in [5.41, 5.74) is 1.07. The molecule has 124 valence electrons. The zero-order valence-corrected chi connectivity index (χ0v) is 15.5. The van der Waals surface area contributed by atoms with Gasteiger partial charge in [-0.2, -0.15) is 0 Å². The number of benzene rings is 1. The lowest BCUT2D eigenvalue weighted by Gasteiger charge is -2.10. The first-order valence-electron chi connectivity index (χ1n) is 7.75. The summed E-state index contributed by atoms with van der Waals surface area (Å²) in [5.74, 6) is 2.30. The summed E-state index contributed by atoms with van der Waals surface area (Å²) in [7, 11) is 1.79. The van der Waals surface area contributed by atoms with Crippen molar-refractivity contribution in [2.24, 2.45) is 4.99 Å². The Hall–Kier alpha value is -1.53. The predicted molar refractivity (Wildman–Crippen MR) is 102 cm³/mol. The van der Waals surface area contributed by atoms with Crippen LogP contribution in [0.25, 0.3) is 0 Å². The fourth-order valence-electron chi connectivity index (χ4n) is 1.92. The van der Waals surface area contributed by atoms with Gasteiger partial charge in [-0.3, -0.25) is 4.99 Å². The molecule has 2 N–H and O–H groups in total. The summed E-state index contributed by atoms with van der Waals surface area (Å²) in [6.07, 6.45) is 0. The van der Waals surface area contributed by atoms with Crippen molar-refractivity contribution < 1.29 is 0 Å². The van der Waals surface area contributed by atoms with Gasteiger partial charge in [0.05, 0.1) is 17.2 Å². The molecular formula is C17H24N4S2. The van der Waals surface area contributed by atoms with Gasteiger partial charge in [-0.05, 0) is 12.1 Å². The average molecular weight is 349 g/mol. The third-order valence-corrected chi connectivity index (χ3v) is 5.34. The molecule has 0 fully saturated rings. The van der Waals surface area contributed by atoms with Crippen LogP contribution in [0, 0.1) is 0 Å². The Balaban J connectivity index is 1.69. The number of guanidine groups is 1. The fraction of sp³-hybridized carbons (Fsp3) is 0.412. The molecule has 2 rings (SSSR count). The highest BCUT2D eigenvalue weighted by Crippen LogP contribution is 2.19. The Bertz CT molecular complexity index is 608. The van der Waals surface area contributed by atoms with Crippen LogP contribution in [-0.2, 0) is 6.54 Å². The number of thioether (sulfide) groups is 1. The largest absolute Gasteiger partial charge is 0.356 e. The van der Waals surface area contributed by atoms with E-state index >= 15 is 0 Å². The highest BCUT2D eigenvalue weighted by Gasteiger charge is 2.06. The smallest absolute Gasteiger partial charge is 0.191 e. The van der Waals surface area contributed by atoms with E-state index in [9.17, 15) is 0 Å². The van der Waals surface area contributed by atoms with Crippen molar-refractivity contribution in [3.63, 3.8) is 0 Å². The minimum Gasteiger partial charge on any atom is -0.356 e. The molecule has 1 heterocycles. The third kappa shape index (κ3) is 6.23. The highest BCUT2D eigenvalue weighted by atomic mass is 32.2. The van der Waals surface area contributed by atoms with Crippen LogP contribution in [0.5, 0.6) is 0 Å². The van der Waals surface area contributed by atoms with E-state index in [1.54, 1.807) is 18.4 Å². The first-order chi connectivity index (χ1) is 11.2. The molecule has 0 aliphatic heterocycles. The first kappa shape index (κ1) is 17.8. The molecule has 0 radical (unpaired) electrons. The number of aromatic nitrogens is 1. The predicted octanol–water partition coefficient (Wildman–Crippen LogP) is 3.72. The average Bonchev–Trinajstić information content (AvgIpc) is 3.04. The van der Waals surface area contributed by atoms with Crippen molar-refractivity contribution in [1.82, 2.24) is 15.6 Å². The maximum Gasteiger partial charge on any atom is 0.191 e. The summed E-state index contributed by atoms with van der Waals surface area (Å²) in [6.45, 7) is 5.91. The van der Waals surface area contributed by atoms with E-state index in [0.29, 0.717) is 12.5 Å². The second-order valence-electron chi connectivity index (χ2n) is 5.35. The standard InChI is InChI=1S/C17H24N4S2/c1-13(2)16-21-14(12-23-16)11-20-17(18-3)19-9-10-22-15-7-5-4-6-8-15/h4-8,12-13H,9-11H2,1-3H3,(H2,18,19,20). The van der Waals surface area contributed by atoms with Crippen LogP contribution < -0.4 is 10.6 Å². The lowest BCUT2D eigenvalue weighted by atomic mass is 10.2. The van der Waals surface area contributed by atoms with Gasteiger partial charge in [0.25, 0.3) is 0 Å². The molecule has 0 aliphatic rings. The van der Waals surface area contributed by atoms with Gasteiger partial charge < -0.3 is 10.6 Å². The molecule has 0 saturated heterocycles. The maximum absolute atomic E-state index is 4.62. The highest BCUT2D eigenvalue weighted by molar-refractivity contribution is 7.99. The molecule has 1 aromatic carbocycles. The lowest BCUT2D eigenvalue weighted by molar-refractivity contribution is 0.795. The quantitative estimate of drug-likeness (QED) is 0.346. The number of thiazole rings is 1. The second kappa shape index (κ2) is 9.57. The van der Waals surface area contributed by atoms with E-state index in [2.05, 4.69) is 64.1 Å². The maximum atomic E-state index is 4.62. The van der Waals surface area contributed by atoms with Gasteiger partial charge >= 0.3 is 0 Å². The third-order valence-electron chi connectivity index (χ3n) is 3.13. The Morgan fingerprint density at radius 1 is 1.26 bits per heavy atom. The van der Waals surface area contributed by atoms with Gasteiger partial charge in [0.15, 0.2) is 5.96 Å². The Labute approximate surface area is 146 Å². The van der Waals surface area contributed by atoms with E-state index in [4.69, 9.17) is 0 Å². The van der Waals surface area contributed by atoms with Crippen molar-refractivity contribution >= 4 is 29.1 Å². The van der Waals surface area contributed by atoms with Crippen molar-refractivity contribution in [2.75, 3.05) is 19.3 Å². The number of rotatable bonds is 7.